The number of nitrogens with two attached hydrogens (primary N) is 1. The molecule has 5 nitrogen and oxygen atoms in total. The van der Waals surface area contributed by atoms with E-state index in [1.54, 1.807) is 12.1 Å². The Balaban J connectivity index is 2.11. The molecule has 0 bridgehead atoms. The smallest absolute Gasteiger partial charge is 0.238 e. The topological polar surface area (TPSA) is 75.4 Å². The molecule has 2 rings (SSSR count). The van der Waals surface area contributed by atoms with Crippen LogP contribution < -0.4 is 15.4 Å². The molecule has 3 N–H and O–H groups in total. The van der Waals surface area contributed by atoms with E-state index in [1.165, 1.54) is 12.8 Å². The van der Waals surface area contributed by atoms with Gasteiger partial charge in [-0.1, -0.05) is 13.3 Å². The fourth-order valence-electron chi connectivity index (χ4n) is 2.70. The van der Waals surface area contributed by atoms with Crippen LogP contribution in [0.3, 0.4) is 0 Å². The van der Waals surface area contributed by atoms with Crippen molar-refractivity contribution in [3.8, 4) is 0 Å². The summed E-state index contributed by atoms with van der Waals surface area (Å²) in [6, 6.07) is 7.41. The van der Waals surface area contributed by atoms with Gasteiger partial charge in [0.25, 0.3) is 0 Å². The lowest BCUT2D eigenvalue weighted by molar-refractivity contribution is 0.572. The van der Waals surface area contributed by atoms with Crippen molar-refractivity contribution >= 4 is 15.7 Å². The van der Waals surface area contributed by atoms with E-state index in [4.69, 9.17) is 5.14 Å². The van der Waals surface area contributed by atoms with E-state index in [0.29, 0.717) is 6.04 Å². The third-order valence-corrected chi connectivity index (χ3v) is 4.84. The minimum atomic E-state index is -3.62. The lowest BCUT2D eigenvalue weighted by Crippen LogP contribution is -2.38. The molecule has 1 aromatic carbocycles. The summed E-state index contributed by atoms with van der Waals surface area (Å²) in [6.45, 7) is 5.23. The Morgan fingerprint density at radius 1 is 1.33 bits per heavy atom. The number of rotatable bonds is 7. The number of benzene rings is 1. The molecule has 118 valence electrons. The molecule has 21 heavy (non-hydrogen) atoms. The van der Waals surface area contributed by atoms with Gasteiger partial charge in [-0.25, -0.2) is 13.6 Å². The molecule has 0 radical (unpaired) electrons. The number of nitrogens with zero attached hydrogens (tertiary/aromatic N) is 1. The van der Waals surface area contributed by atoms with Gasteiger partial charge in [0, 0.05) is 24.8 Å². The van der Waals surface area contributed by atoms with Crippen molar-refractivity contribution in [2.75, 3.05) is 24.5 Å². The Morgan fingerprint density at radius 2 is 2.05 bits per heavy atom. The van der Waals surface area contributed by atoms with Crippen LogP contribution in [0.1, 0.15) is 32.6 Å². The molecule has 0 spiro atoms. The first-order valence-corrected chi connectivity index (χ1v) is 9.16. The second-order valence-electron chi connectivity index (χ2n) is 5.63. The van der Waals surface area contributed by atoms with Crippen LogP contribution in [0.25, 0.3) is 0 Å². The lowest BCUT2D eigenvalue weighted by Gasteiger charge is -2.28. The Hall–Kier alpha value is -1.11. The number of sulfonamides is 1. The molecule has 0 amide bonds. The van der Waals surface area contributed by atoms with Crippen molar-refractivity contribution in [1.29, 1.82) is 0 Å². The SMILES string of the molecule is CCCCN(CC1CCCN1)c1ccc(S(N)(=O)=O)cc1. The number of hydrogen-bond acceptors (Lipinski definition) is 4. The van der Waals surface area contributed by atoms with E-state index in [0.717, 1.165) is 38.2 Å². The van der Waals surface area contributed by atoms with E-state index in [-0.39, 0.29) is 4.90 Å². The molecule has 1 aromatic rings. The summed E-state index contributed by atoms with van der Waals surface area (Å²) < 4.78 is 22.6. The zero-order valence-corrected chi connectivity index (χ0v) is 13.4. The molecular weight excluding hydrogens is 286 g/mol. The lowest BCUT2D eigenvalue weighted by atomic mass is 10.2. The van der Waals surface area contributed by atoms with Crippen LogP contribution in [0, 0.1) is 0 Å². The van der Waals surface area contributed by atoms with Crippen LogP contribution in [0.15, 0.2) is 29.2 Å². The van der Waals surface area contributed by atoms with Gasteiger partial charge in [0.2, 0.25) is 10.0 Å². The van der Waals surface area contributed by atoms with E-state index >= 15 is 0 Å². The molecule has 1 saturated heterocycles. The molecule has 1 atom stereocenters. The first-order valence-electron chi connectivity index (χ1n) is 7.62. The quantitative estimate of drug-likeness (QED) is 0.803. The van der Waals surface area contributed by atoms with Crippen LogP contribution in [0.4, 0.5) is 5.69 Å². The van der Waals surface area contributed by atoms with Gasteiger partial charge >= 0.3 is 0 Å². The number of unbranched alkanes of at least 4 members (excludes halogenated alkanes) is 1. The number of primary sulfonamides is 1. The van der Waals surface area contributed by atoms with Gasteiger partial charge in [-0.15, -0.1) is 0 Å². The fourth-order valence-corrected chi connectivity index (χ4v) is 3.22. The summed E-state index contributed by atoms with van der Waals surface area (Å²) in [5.41, 5.74) is 1.06. The van der Waals surface area contributed by atoms with Crippen LogP contribution >= 0.6 is 0 Å². The highest BCUT2D eigenvalue weighted by Gasteiger charge is 2.18. The van der Waals surface area contributed by atoms with Crippen molar-refractivity contribution in [3.05, 3.63) is 24.3 Å². The molecular formula is C15H25N3O2S. The zero-order chi connectivity index (χ0) is 15.3. The molecule has 1 heterocycles. The fraction of sp³-hybridized carbons (Fsp3) is 0.600. The van der Waals surface area contributed by atoms with Crippen LogP contribution in [-0.2, 0) is 10.0 Å². The molecule has 1 aliphatic heterocycles. The highest BCUT2D eigenvalue weighted by molar-refractivity contribution is 7.89. The summed E-state index contributed by atoms with van der Waals surface area (Å²) >= 11 is 0. The highest BCUT2D eigenvalue weighted by Crippen LogP contribution is 2.20. The average Bonchev–Trinajstić information content (AvgIpc) is 2.95. The summed E-state index contributed by atoms with van der Waals surface area (Å²) in [5, 5.41) is 8.66. The minimum absolute atomic E-state index is 0.167. The average molecular weight is 311 g/mol. The van der Waals surface area contributed by atoms with Gasteiger partial charge in [0.05, 0.1) is 4.90 Å². The van der Waals surface area contributed by atoms with Gasteiger partial charge in [-0.2, -0.15) is 0 Å². The molecule has 0 aromatic heterocycles. The van der Waals surface area contributed by atoms with Crippen molar-refractivity contribution in [2.24, 2.45) is 5.14 Å². The Morgan fingerprint density at radius 3 is 2.57 bits per heavy atom. The Bertz CT molecular complexity index is 537. The molecule has 1 aliphatic rings. The summed E-state index contributed by atoms with van der Waals surface area (Å²) in [4.78, 5) is 2.50. The number of nitrogens with one attached hydrogen (secondary N) is 1. The highest BCUT2D eigenvalue weighted by atomic mass is 32.2. The van der Waals surface area contributed by atoms with Gasteiger partial charge in [-0.3, -0.25) is 0 Å². The summed E-state index contributed by atoms with van der Waals surface area (Å²) in [7, 11) is -3.62. The van der Waals surface area contributed by atoms with Crippen LogP contribution in [-0.4, -0.2) is 34.1 Å². The molecule has 1 fully saturated rings. The van der Waals surface area contributed by atoms with Crippen LogP contribution in [0.2, 0.25) is 0 Å². The van der Waals surface area contributed by atoms with Crippen molar-refractivity contribution in [1.82, 2.24) is 5.32 Å². The molecule has 6 heteroatoms. The molecule has 1 unspecified atom stereocenters. The second-order valence-corrected chi connectivity index (χ2v) is 7.19. The van der Waals surface area contributed by atoms with Gasteiger partial charge in [-0.05, 0) is 50.1 Å². The van der Waals surface area contributed by atoms with Crippen molar-refractivity contribution in [2.45, 2.75) is 43.5 Å². The molecule has 0 aliphatic carbocycles. The summed E-state index contributed by atoms with van der Waals surface area (Å²) in [6.07, 6.45) is 4.71. The second kappa shape index (κ2) is 7.24. The minimum Gasteiger partial charge on any atom is -0.370 e. The predicted molar refractivity (Wildman–Crippen MR) is 86.0 cm³/mol. The first kappa shape index (κ1) is 16.3. The maximum Gasteiger partial charge on any atom is 0.238 e. The molecule has 0 saturated carbocycles. The Labute approximate surface area is 127 Å². The largest absolute Gasteiger partial charge is 0.370 e. The maximum absolute atomic E-state index is 11.3. The van der Waals surface area contributed by atoms with Gasteiger partial charge in [0.1, 0.15) is 0 Å². The zero-order valence-electron chi connectivity index (χ0n) is 12.6. The van der Waals surface area contributed by atoms with E-state index in [2.05, 4.69) is 17.1 Å². The maximum atomic E-state index is 11.3. The predicted octanol–water partition coefficient (Wildman–Crippen LogP) is 1.69. The third kappa shape index (κ3) is 4.69. The van der Waals surface area contributed by atoms with Crippen molar-refractivity contribution < 1.29 is 8.42 Å². The normalized spacial score (nSPS) is 18.9. The third-order valence-electron chi connectivity index (χ3n) is 3.92. The number of hydrogen-bond donors (Lipinski definition) is 2. The first-order chi connectivity index (χ1) is 10.0. The van der Waals surface area contributed by atoms with E-state index in [9.17, 15) is 8.42 Å². The van der Waals surface area contributed by atoms with Crippen molar-refractivity contribution in [3.63, 3.8) is 0 Å². The number of anilines is 1. The van der Waals surface area contributed by atoms with E-state index < -0.39 is 10.0 Å². The summed E-state index contributed by atoms with van der Waals surface area (Å²) in [5.74, 6) is 0. The monoisotopic (exact) mass is 311 g/mol. The van der Waals surface area contributed by atoms with Gasteiger partial charge < -0.3 is 10.2 Å². The Kier molecular flexibility index (Phi) is 5.61. The van der Waals surface area contributed by atoms with E-state index in [1.807, 2.05) is 12.1 Å². The standard InChI is InChI=1S/C15H25N3O2S/c1-2-3-11-18(12-13-5-4-10-17-13)14-6-8-15(9-7-14)21(16,19)20/h6-9,13,17H,2-5,10-12H2,1H3,(H2,16,19,20). The van der Waals surface area contributed by atoms with Gasteiger partial charge in [0.15, 0.2) is 0 Å². The van der Waals surface area contributed by atoms with Crippen LogP contribution in [0.5, 0.6) is 0 Å².